The molecule has 0 radical (unpaired) electrons. The fourth-order valence-corrected chi connectivity index (χ4v) is 4.13. The maximum absolute atomic E-state index is 13.4. The largest absolute Gasteiger partial charge is 0.497 e. The predicted octanol–water partition coefficient (Wildman–Crippen LogP) is 5.40. The Balaban J connectivity index is 1.58. The van der Waals surface area contributed by atoms with Crippen molar-refractivity contribution in [1.82, 2.24) is 4.90 Å². The summed E-state index contributed by atoms with van der Waals surface area (Å²) in [6.45, 7) is 5.90. The first-order chi connectivity index (χ1) is 15.9. The van der Waals surface area contributed by atoms with Gasteiger partial charge in [-0.15, -0.1) is 0 Å². The van der Waals surface area contributed by atoms with Crippen LogP contribution in [-0.2, 0) is 6.54 Å². The van der Waals surface area contributed by atoms with E-state index in [1.54, 1.807) is 36.3 Å². The second kappa shape index (κ2) is 9.77. The van der Waals surface area contributed by atoms with Gasteiger partial charge in [0.25, 0.3) is 5.91 Å². The van der Waals surface area contributed by atoms with E-state index in [-0.39, 0.29) is 11.9 Å². The molecule has 0 saturated carbocycles. The second-order valence-corrected chi connectivity index (χ2v) is 8.41. The molecule has 1 heterocycles. The molecule has 0 spiro atoms. The number of anilines is 2. The number of hydrogen-bond donors (Lipinski definition) is 1. The minimum atomic E-state index is -0.248. The molecule has 1 fully saturated rings. The minimum Gasteiger partial charge on any atom is -0.497 e. The lowest BCUT2D eigenvalue weighted by molar-refractivity contribution is 0.102. The lowest BCUT2D eigenvalue weighted by atomic mass is 10.1. The molecule has 4 rings (SSSR count). The van der Waals surface area contributed by atoms with Crippen molar-refractivity contribution in [2.24, 2.45) is 0 Å². The Morgan fingerprint density at radius 2 is 1.76 bits per heavy atom. The second-order valence-electron chi connectivity index (χ2n) is 8.41. The lowest BCUT2D eigenvalue weighted by Gasteiger charge is -2.36. The molecule has 0 bridgehead atoms. The third-order valence-corrected chi connectivity index (χ3v) is 5.79. The zero-order chi connectivity index (χ0) is 23.4. The zero-order valence-corrected chi connectivity index (χ0v) is 19.3. The lowest BCUT2D eigenvalue weighted by Crippen LogP contribution is -2.49. The van der Waals surface area contributed by atoms with E-state index < -0.39 is 0 Å². The monoisotopic (exact) mass is 443 g/mol. The molecule has 3 aromatic rings. The maximum atomic E-state index is 13.4. The Hall–Kier alpha value is -3.80. The van der Waals surface area contributed by atoms with E-state index in [2.05, 4.69) is 24.4 Å². The summed E-state index contributed by atoms with van der Waals surface area (Å²) in [5, 5.41) is 3.00. The van der Waals surface area contributed by atoms with Crippen LogP contribution in [0.25, 0.3) is 0 Å². The van der Waals surface area contributed by atoms with E-state index in [1.807, 2.05) is 42.2 Å². The van der Waals surface area contributed by atoms with Crippen LogP contribution in [0.15, 0.2) is 66.7 Å². The molecule has 170 valence electrons. The Labute approximate surface area is 194 Å². The Kier molecular flexibility index (Phi) is 6.63. The minimum absolute atomic E-state index is 0.0523. The van der Waals surface area contributed by atoms with Crippen LogP contribution in [0.2, 0.25) is 0 Å². The van der Waals surface area contributed by atoms with Gasteiger partial charge in [0.2, 0.25) is 0 Å². The normalized spacial score (nSPS) is 13.7. The number of carbonyl (C=O) groups is 2. The van der Waals surface area contributed by atoms with Crippen molar-refractivity contribution in [3.63, 3.8) is 0 Å². The van der Waals surface area contributed by atoms with Crippen LogP contribution in [0.3, 0.4) is 0 Å². The molecule has 1 saturated heterocycles. The van der Waals surface area contributed by atoms with Gasteiger partial charge in [-0.05, 0) is 61.7 Å². The topological polar surface area (TPSA) is 61.9 Å². The molecule has 0 atom stereocenters. The summed E-state index contributed by atoms with van der Waals surface area (Å²) >= 11 is 0. The van der Waals surface area contributed by atoms with Gasteiger partial charge in [0.1, 0.15) is 5.75 Å². The third kappa shape index (κ3) is 5.17. The molecular weight excluding hydrogens is 414 g/mol. The van der Waals surface area contributed by atoms with Crippen LogP contribution in [0.1, 0.15) is 33.5 Å². The molecule has 0 aliphatic carbocycles. The van der Waals surface area contributed by atoms with Crippen LogP contribution in [0.5, 0.6) is 5.75 Å². The summed E-state index contributed by atoms with van der Waals surface area (Å²) in [6.07, 6.45) is 0.856. The van der Waals surface area contributed by atoms with Crippen LogP contribution >= 0.6 is 0 Å². The third-order valence-electron chi connectivity index (χ3n) is 5.79. The summed E-state index contributed by atoms with van der Waals surface area (Å²) in [5.74, 6) is 0.368. The number of amides is 3. The van der Waals surface area contributed by atoms with Gasteiger partial charge in [0.15, 0.2) is 0 Å². The molecule has 1 aliphatic heterocycles. The van der Waals surface area contributed by atoms with Crippen molar-refractivity contribution in [2.45, 2.75) is 26.8 Å². The van der Waals surface area contributed by atoms with E-state index in [0.29, 0.717) is 42.3 Å². The molecule has 6 nitrogen and oxygen atoms in total. The number of aryl methyl sites for hydroxylation is 2. The molecule has 33 heavy (non-hydrogen) atoms. The number of benzene rings is 3. The van der Waals surface area contributed by atoms with E-state index >= 15 is 0 Å². The van der Waals surface area contributed by atoms with Crippen LogP contribution in [0, 0.1) is 13.8 Å². The number of nitrogens with zero attached hydrogens (tertiary/aromatic N) is 2. The van der Waals surface area contributed by atoms with Crippen molar-refractivity contribution in [1.29, 1.82) is 0 Å². The molecule has 6 heteroatoms. The Morgan fingerprint density at radius 3 is 2.55 bits per heavy atom. The SMILES string of the molecule is COc1cccc(C(=O)Nc2cc(C)ccc2N2CCCN(Cc3cccc(C)c3)C2=O)c1. The van der Waals surface area contributed by atoms with Gasteiger partial charge in [0, 0.05) is 25.2 Å². The van der Waals surface area contributed by atoms with E-state index in [1.165, 1.54) is 5.56 Å². The molecule has 1 aliphatic rings. The number of urea groups is 1. The predicted molar refractivity (Wildman–Crippen MR) is 131 cm³/mol. The molecule has 3 aromatic carbocycles. The first-order valence-electron chi connectivity index (χ1n) is 11.1. The summed E-state index contributed by atoms with van der Waals surface area (Å²) < 4.78 is 5.24. The summed E-state index contributed by atoms with van der Waals surface area (Å²) in [5.41, 5.74) is 5.11. The van der Waals surface area contributed by atoms with Crippen molar-refractivity contribution >= 4 is 23.3 Å². The van der Waals surface area contributed by atoms with Crippen molar-refractivity contribution in [3.05, 3.63) is 89.0 Å². The van der Waals surface area contributed by atoms with Gasteiger partial charge in [-0.3, -0.25) is 9.69 Å². The maximum Gasteiger partial charge on any atom is 0.324 e. The van der Waals surface area contributed by atoms with Gasteiger partial charge in [-0.1, -0.05) is 42.0 Å². The van der Waals surface area contributed by atoms with Gasteiger partial charge >= 0.3 is 6.03 Å². The van der Waals surface area contributed by atoms with Gasteiger partial charge in [-0.2, -0.15) is 0 Å². The molecule has 1 N–H and O–H groups in total. The van der Waals surface area contributed by atoms with Crippen molar-refractivity contribution < 1.29 is 14.3 Å². The first kappa shape index (κ1) is 22.4. The Morgan fingerprint density at radius 1 is 0.970 bits per heavy atom. The first-order valence-corrected chi connectivity index (χ1v) is 11.1. The number of carbonyl (C=O) groups excluding carboxylic acids is 2. The average molecular weight is 444 g/mol. The van der Waals surface area contributed by atoms with Gasteiger partial charge in [-0.25, -0.2) is 4.79 Å². The number of ether oxygens (including phenoxy) is 1. The van der Waals surface area contributed by atoms with Crippen molar-refractivity contribution in [2.75, 3.05) is 30.4 Å². The smallest absolute Gasteiger partial charge is 0.324 e. The number of nitrogens with one attached hydrogen (secondary N) is 1. The molecule has 0 aromatic heterocycles. The van der Waals surface area contributed by atoms with Gasteiger partial charge < -0.3 is 15.0 Å². The average Bonchev–Trinajstić information content (AvgIpc) is 2.81. The fourth-order valence-electron chi connectivity index (χ4n) is 4.13. The highest BCUT2D eigenvalue weighted by Gasteiger charge is 2.28. The zero-order valence-electron chi connectivity index (χ0n) is 19.3. The number of hydrogen-bond acceptors (Lipinski definition) is 3. The highest BCUT2D eigenvalue weighted by molar-refractivity contribution is 6.08. The number of rotatable bonds is 6. The molecular formula is C27H29N3O3. The van der Waals surface area contributed by atoms with Gasteiger partial charge in [0.05, 0.1) is 18.5 Å². The highest BCUT2D eigenvalue weighted by Crippen LogP contribution is 2.31. The van der Waals surface area contributed by atoms with E-state index in [9.17, 15) is 9.59 Å². The fraction of sp³-hybridized carbons (Fsp3) is 0.259. The molecule has 3 amide bonds. The highest BCUT2D eigenvalue weighted by atomic mass is 16.5. The number of methoxy groups -OCH3 is 1. The van der Waals surface area contributed by atoms with E-state index in [4.69, 9.17) is 4.74 Å². The van der Waals surface area contributed by atoms with Crippen LogP contribution < -0.4 is 15.0 Å². The summed E-state index contributed by atoms with van der Waals surface area (Å²) in [7, 11) is 1.57. The molecule has 0 unspecified atom stereocenters. The van der Waals surface area contributed by atoms with Crippen molar-refractivity contribution in [3.8, 4) is 5.75 Å². The Bertz CT molecular complexity index is 1170. The van der Waals surface area contributed by atoms with Crippen LogP contribution in [-0.4, -0.2) is 37.0 Å². The summed E-state index contributed by atoms with van der Waals surface area (Å²) in [4.78, 5) is 30.0. The van der Waals surface area contributed by atoms with Crippen LogP contribution in [0.4, 0.5) is 16.2 Å². The quantitative estimate of drug-likeness (QED) is 0.555. The summed E-state index contributed by atoms with van der Waals surface area (Å²) in [6, 6.07) is 21.0. The standard InChI is InChI=1S/C27H29N3O3/c1-19-7-4-8-21(15-19)18-29-13-6-14-30(27(29)32)25-12-11-20(2)16-24(25)28-26(31)22-9-5-10-23(17-22)33-3/h4-5,7-12,15-17H,6,13-14,18H2,1-3H3,(H,28,31). The van der Waals surface area contributed by atoms with E-state index in [0.717, 1.165) is 17.5 Å².